The Morgan fingerprint density at radius 3 is 2.22 bits per heavy atom. The molecule has 36 heavy (non-hydrogen) atoms. The second-order valence-electron chi connectivity index (χ2n) is 7.63. The Morgan fingerprint density at radius 1 is 0.861 bits per heavy atom. The summed E-state index contributed by atoms with van der Waals surface area (Å²) in [6, 6.07) is 13.6. The van der Waals surface area contributed by atoms with Crippen LogP contribution >= 0.6 is 11.6 Å². The second-order valence-corrected chi connectivity index (χ2v) is 8.04. The number of hydrogen-bond donors (Lipinski definition) is 5. The number of phenols is 1. The molecule has 0 aromatic heterocycles. The molecule has 3 aromatic carbocycles. The lowest BCUT2D eigenvalue weighted by atomic mass is 10.1. The van der Waals surface area contributed by atoms with Crippen molar-refractivity contribution in [2.24, 2.45) is 0 Å². The van der Waals surface area contributed by atoms with Gasteiger partial charge in [-0.2, -0.15) is 0 Å². The molecule has 3 rings (SSSR count). The van der Waals surface area contributed by atoms with Gasteiger partial charge in [-0.3, -0.25) is 14.4 Å². The highest BCUT2D eigenvalue weighted by atomic mass is 35.5. The molecule has 0 spiro atoms. The summed E-state index contributed by atoms with van der Waals surface area (Å²) in [6.45, 7) is -0.321. The van der Waals surface area contributed by atoms with Crippen LogP contribution in [0.4, 0.5) is 4.39 Å². The van der Waals surface area contributed by atoms with Crippen LogP contribution in [0.25, 0.3) is 0 Å². The van der Waals surface area contributed by atoms with E-state index >= 15 is 0 Å². The summed E-state index contributed by atoms with van der Waals surface area (Å²) in [7, 11) is 0. The summed E-state index contributed by atoms with van der Waals surface area (Å²) >= 11 is 6.17. The van der Waals surface area contributed by atoms with E-state index in [2.05, 4.69) is 16.0 Å². The minimum absolute atomic E-state index is 0.00793. The summed E-state index contributed by atoms with van der Waals surface area (Å²) in [4.78, 5) is 48.8. The van der Waals surface area contributed by atoms with Gasteiger partial charge in [0.1, 0.15) is 17.6 Å². The minimum Gasteiger partial charge on any atom is -0.508 e. The molecule has 0 saturated heterocycles. The first-order chi connectivity index (χ1) is 17.1. The number of carbonyl (C=O) groups excluding carboxylic acids is 3. The molecule has 0 heterocycles. The standard InChI is InChI=1S/C25H21ClFN3O6/c26-20-11-16(23(33)28-12-14-3-1-6-18(31)9-14)7-8-19(20)24(34)30-21(25(35)36)13-29-22(32)15-4-2-5-17(27)10-15/h1-11,21,31H,12-13H2,(H,28,33)(H,29,32)(H,30,34)(H,35,36)/t21-/m0/s1. The molecule has 0 bridgehead atoms. The van der Waals surface area contributed by atoms with E-state index in [1.807, 2.05) is 0 Å². The largest absolute Gasteiger partial charge is 0.508 e. The van der Waals surface area contributed by atoms with Crippen LogP contribution in [0.3, 0.4) is 0 Å². The lowest BCUT2D eigenvalue weighted by Crippen LogP contribution is -2.48. The molecule has 3 amide bonds. The van der Waals surface area contributed by atoms with Crippen LogP contribution in [0.1, 0.15) is 36.6 Å². The zero-order chi connectivity index (χ0) is 26.2. The predicted octanol–water partition coefficient (Wildman–Crippen LogP) is 2.73. The normalized spacial score (nSPS) is 11.3. The highest BCUT2D eigenvalue weighted by Gasteiger charge is 2.23. The third kappa shape index (κ3) is 7.03. The molecule has 0 aliphatic heterocycles. The van der Waals surface area contributed by atoms with E-state index in [1.54, 1.807) is 12.1 Å². The third-order valence-electron chi connectivity index (χ3n) is 5.00. The first-order valence-corrected chi connectivity index (χ1v) is 10.9. The number of carbonyl (C=O) groups is 4. The molecule has 3 aromatic rings. The fourth-order valence-electron chi connectivity index (χ4n) is 3.15. The summed E-state index contributed by atoms with van der Waals surface area (Å²) in [5.74, 6) is -4.00. The van der Waals surface area contributed by atoms with E-state index in [4.69, 9.17) is 11.6 Å². The van der Waals surface area contributed by atoms with E-state index in [1.165, 1.54) is 42.5 Å². The number of benzene rings is 3. The molecule has 1 atom stereocenters. The van der Waals surface area contributed by atoms with Gasteiger partial charge in [-0.05, 0) is 54.1 Å². The van der Waals surface area contributed by atoms with E-state index in [-0.39, 0.29) is 34.0 Å². The number of halogens is 2. The maximum absolute atomic E-state index is 13.3. The van der Waals surface area contributed by atoms with Gasteiger partial charge in [0.05, 0.1) is 10.6 Å². The minimum atomic E-state index is -1.50. The van der Waals surface area contributed by atoms with Crippen LogP contribution in [0.15, 0.2) is 66.7 Å². The van der Waals surface area contributed by atoms with Crippen molar-refractivity contribution in [1.29, 1.82) is 0 Å². The number of aliphatic carboxylic acids is 1. The number of rotatable bonds is 9. The number of carboxylic acid groups (broad SMARTS) is 1. The van der Waals surface area contributed by atoms with Crippen molar-refractivity contribution >= 4 is 35.3 Å². The van der Waals surface area contributed by atoms with Crippen molar-refractivity contribution in [2.45, 2.75) is 12.6 Å². The molecular weight excluding hydrogens is 493 g/mol. The summed E-state index contributed by atoms with van der Waals surface area (Å²) in [5.41, 5.74) is 0.749. The molecule has 186 valence electrons. The van der Waals surface area contributed by atoms with Crippen molar-refractivity contribution < 1.29 is 33.8 Å². The van der Waals surface area contributed by atoms with E-state index < -0.39 is 42.1 Å². The molecule has 0 aliphatic rings. The van der Waals surface area contributed by atoms with Crippen molar-refractivity contribution in [3.63, 3.8) is 0 Å². The Kier molecular flexibility index (Phi) is 8.58. The Balaban J connectivity index is 1.61. The highest BCUT2D eigenvalue weighted by Crippen LogP contribution is 2.19. The number of amides is 3. The van der Waals surface area contributed by atoms with Crippen LogP contribution in [-0.2, 0) is 11.3 Å². The van der Waals surface area contributed by atoms with Crippen molar-refractivity contribution in [1.82, 2.24) is 16.0 Å². The monoisotopic (exact) mass is 513 g/mol. The molecule has 0 unspecified atom stereocenters. The van der Waals surface area contributed by atoms with Crippen molar-refractivity contribution in [3.05, 3.63) is 99.8 Å². The number of nitrogens with one attached hydrogen (secondary N) is 3. The van der Waals surface area contributed by atoms with Crippen LogP contribution in [0.5, 0.6) is 5.75 Å². The number of aromatic hydroxyl groups is 1. The lowest BCUT2D eigenvalue weighted by Gasteiger charge is -2.16. The molecule has 0 saturated carbocycles. The van der Waals surface area contributed by atoms with E-state index in [9.17, 15) is 33.8 Å². The highest BCUT2D eigenvalue weighted by molar-refractivity contribution is 6.34. The number of hydrogen-bond acceptors (Lipinski definition) is 5. The molecule has 0 radical (unpaired) electrons. The quantitative estimate of drug-likeness (QED) is 0.297. The fourth-order valence-corrected chi connectivity index (χ4v) is 3.42. The second kappa shape index (κ2) is 11.8. The molecule has 11 heteroatoms. The van der Waals surface area contributed by atoms with Crippen LogP contribution in [-0.4, -0.2) is 46.5 Å². The molecule has 5 N–H and O–H groups in total. The lowest BCUT2D eigenvalue weighted by molar-refractivity contribution is -0.139. The van der Waals surface area contributed by atoms with E-state index in [0.717, 1.165) is 12.1 Å². The maximum atomic E-state index is 13.3. The van der Waals surface area contributed by atoms with Gasteiger partial charge in [-0.1, -0.05) is 29.8 Å². The SMILES string of the molecule is O=C(NCc1cccc(O)c1)c1ccc(C(=O)N[C@@H](CNC(=O)c2cccc(F)c2)C(=O)O)c(Cl)c1. The maximum Gasteiger partial charge on any atom is 0.328 e. The number of phenolic OH excluding ortho intramolecular Hbond substituents is 1. The van der Waals surface area contributed by atoms with Gasteiger partial charge in [0, 0.05) is 24.2 Å². The van der Waals surface area contributed by atoms with Gasteiger partial charge in [-0.25, -0.2) is 9.18 Å². The Labute approximate surface area is 209 Å². The molecule has 9 nitrogen and oxygen atoms in total. The van der Waals surface area contributed by atoms with Gasteiger partial charge in [-0.15, -0.1) is 0 Å². The molecule has 0 aliphatic carbocycles. The Morgan fingerprint density at radius 2 is 1.56 bits per heavy atom. The van der Waals surface area contributed by atoms with Crippen molar-refractivity contribution in [3.8, 4) is 5.75 Å². The Bertz CT molecular complexity index is 1320. The summed E-state index contributed by atoms with van der Waals surface area (Å²) in [5, 5.41) is 26.1. The fraction of sp³-hybridized carbons (Fsp3) is 0.120. The van der Waals surface area contributed by atoms with Crippen LogP contribution < -0.4 is 16.0 Å². The topological polar surface area (TPSA) is 145 Å². The number of carboxylic acids is 1. The van der Waals surface area contributed by atoms with Gasteiger partial charge in [0.2, 0.25) is 0 Å². The Hall–Kier alpha value is -4.44. The van der Waals surface area contributed by atoms with Gasteiger partial charge < -0.3 is 26.2 Å². The van der Waals surface area contributed by atoms with Gasteiger partial charge in [0.15, 0.2) is 0 Å². The smallest absolute Gasteiger partial charge is 0.328 e. The molecule has 0 fully saturated rings. The predicted molar refractivity (Wildman–Crippen MR) is 128 cm³/mol. The van der Waals surface area contributed by atoms with Gasteiger partial charge in [0.25, 0.3) is 17.7 Å². The van der Waals surface area contributed by atoms with Gasteiger partial charge >= 0.3 is 5.97 Å². The van der Waals surface area contributed by atoms with Crippen LogP contribution in [0, 0.1) is 5.82 Å². The van der Waals surface area contributed by atoms with Crippen LogP contribution in [0.2, 0.25) is 5.02 Å². The zero-order valence-electron chi connectivity index (χ0n) is 18.6. The average molecular weight is 514 g/mol. The van der Waals surface area contributed by atoms with Crippen molar-refractivity contribution in [2.75, 3.05) is 6.54 Å². The summed E-state index contributed by atoms with van der Waals surface area (Å²) in [6.07, 6.45) is 0. The molecular formula is C25H21ClFN3O6. The zero-order valence-corrected chi connectivity index (χ0v) is 19.4. The first-order valence-electron chi connectivity index (χ1n) is 10.6. The first kappa shape index (κ1) is 26.2. The van der Waals surface area contributed by atoms with E-state index in [0.29, 0.717) is 5.56 Å². The summed E-state index contributed by atoms with van der Waals surface area (Å²) < 4.78 is 13.3. The third-order valence-corrected chi connectivity index (χ3v) is 5.31. The average Bonchev–Trinajstić information content (AvgIpc) is 2.84.